The van der Waals surface area contributed by atoms with Crippen LogP contribution < -0.4 is 5.32 Å². The van der Waals surface area contributed by atoms with Crippen molar-refractivity contribution >= 4 is 12.0 Å². The minimum Gasteiger partial charge on any atom is -0.444 e. The number of carbonyl (C=O) groups is 2. The number of hydrogen-bond acceptors (Lipinski definition) is 3. The minimum atomic E-state index is -0.630. The highest BCUT2D eigenvalue weighted by atomic mass is 19.1. The van der Waals surface area contributed by atoms with E-state index < -0.39 is 17.7 Å². The largest absolute Gasteiger partial charge is 0.444 e. The van der Waals surface area contributed by atoms with Gasteiger partial charge in [0.2, 0.25) is 0 Å². The molecule has 1 aliphatic rings. The number of ether oxygens (including phenoxy) is 1. The van der Waals surface area contributed by atoms with Crippen LogP contribution in [0.2, 0.25) is 0 Å². The first-order valence-electron chi connectivity index (χ1n) is 9.29. The first-order valence-corrected chi connectivity index (χ1v) is 9.29. The molecular formula is C22H25FN2O3. The first-order chi connectivity index (χ1) is 13.2. The Hall–Kier alpha value is -2.89. The van der Waals surface area contributed by atoms with E-state index in [1.807, 2.05) is 26.8 Å². The highest BCUT2D eigenvalue weighted by Crippen LogP contribution is 2.36. The standard InChI is InChI=1S/C22H25FN2O3/c1-22(2,3)28-21(27)25-12-11-14-5-6-16(20(26)24-4)13-18(14)19(25)15-7-9-17(23)10-8-15/h5-10,13,19H,11-12H2,1-4H3,(H,24,26)/t19-/m0/s1. The Morgan fingerprint density at radius 1 is 1.14 bits per heavy atom. The molecule has 0 spiro atoms. The summed E-state index contributed by atoms with van der Waals surface area (Å²) < 4.78 is 19.1. The molecule has 1 aliphatic heterocycles. The molecule has 3 rings (SSSR count). The third kappa shape index (κ3) is 4.16. The molecule has 28 heavy (non-hydrogen) atoms. The lowest BCUT2D eigenvalue weighted by atomic mass is 9.87. The van der Waals surface area contributed by atoms with Crippen molar-refractivity contribution in [1.82, 2.24) is 10.2 Å². The molecule has 0 bridgehead atoms. The molecule has 6 heteroatoms. The van der Waals surface area contributed by atoms with Gasteiger partial charge in [0.25, 0.3) is 5.91 Å². The van der Waals surface area contributed by atoms with Crippen molar-refractivity contribution in [2.75, 3.05) is 13.6 Å². The Morgan fingerprint density at radius 3 is 2.43 bits per heavy atom. The van der Waals surface area contributed by atoms with Crippen LogP contribution in [0.3, 0.4) is 0 Å². The van der Waals surface area contributed by atoms with Gasteiger partial charge >= 0.3 is 6.09 Å². The predicted molar refractivity (Wildman–Crippen MR) is 105 cm³/mol. The summed E-state index contributed by atoms with van der Waals surface area (Å²) in [6.07, 6.45) is 0.220. The van der Waals surface area contributed by atoms with Crippen molar-refractivity contribution in [1.29, 1.82) is 0 Å². The summed E-state index contributed by atoms with van der Waals surface area (Å²) in [5, 5.41) is 2.62. The molecule has 0 saturated heterocycles. The molecule has 0 radical (unpaired) electrons. The summed E-state index contributed by atoms with van der Waals surface area (Å²) >= 11 is 0. The van der Waals surface area contributed by atoms with Gasteiger partial charge in [-0.05, 0) is 68.1 Å². The van der Waals surface area contributed by atoms with Gasteiger partial charge in [0.15, 0.2) is 0 Å². The number of halogens is 1. The number of rotatable bonds is 2. The van der Waals surface area contributed by atoms with Crippen LogP contribution in [0.15, 0.2) is 42.5 Å². The van der Waals surface area contributed by atoms with E-state index in [0.717, 1.165) is 16.7 Å². The van der Waals surface area contributed by atoms with Crippen molar-refractivity contribution in [3.8, 4) is 0 Å². The van der Waals surface area contributed by atoms with Crippen LogP contribution in [-0.4, -0.2) is 36.1 Å². The zero-order valence-electron chi connectivity index (χ0n) is 16.6. The number of nitrogens with zero attached hydrogens (tertiary/aromatic N) is 1. The second-order valence-electron chi connectivity index (χ2n) is 7.87. The van der Waals surface area contributed by atoms with Gasteiger partial charge in [0, 0.05) is 19.2 Å². The van der Waals surface area contributed by atoms with Crippen molar-refractivity contribution in [3.05, 3.63) is 70.5 Å². The number of amides is 2. The number of carbonyl (C=O) groups excluding carboxylic acids is 2. The van der Waals surface area contributed by atoms with Gasteiger partial charge in [-0.2, -0.15) is 0 Å². The molecule has 1 N–H and O–H groups in total. The third-order valence-electron chi connectivity index (χ3n) is 4.68. The van der Waals surface area contributed by atoms with Gasteiger partial charge in [-0.3, -0.25) is 9.69 Å². The Morgan fingerprint density at radius 2 is 1.82 bits per heavy atom. The Balaban J connectivity index is 2.09. The maximum atomic E-state index is 13.5. The fraction of sp³-hybridized carbons (Fsp3) is 0.364. The number of fused-ring (bicyclic) bond motifs is 1. The smallest absolute Gasteiger partial charge is 0.411 e. The maximum absolute atomic E-state index is 13.5. The second-order valence-corrected chi connectivity index (χ2v) is 7.87. The average Bonchev–Trinajstić information content (AvgIpc) is 2.65. The lowest BCUT2D eigenvalue weighted by Crippen LogP contribution is -2.43. The molecule has 148 valence electrons. The third-order valence-corrected chi connectivity index (χ3v) is 4.68. The van der Waals surface area contributed by atoms with E-state index in [1.54, 1.807) is 36.2 Å². The molecule has 1 heterocycles. The monoisotopic (exact) mass is 384 g/mol. The topological polar surface area (TPSA) is 58.6 Å². The summed E-state index contributed by atoms with van der Waals surface area (Å²) in [5.74, 6) is -0.544. The lowest BCUT2D eigenvalue weighted by Gasteiger charge is -2.38. The summed E-state index contributed by atoms with van der Waals surface area (Å²) in [6.45, 7) is 5.93. The second kappa shape index (κ2) is 7.62. The van der Waals surface area contributed by atoms with Crippen LogP contribution in [0.4, 0.5) is 9.18 Å². The van der Waals surface area contributed by atoms with Crippen molar-refractivity contribution < 1.29 is 18.7 Å². The normalized spacial score (nSPS) is 16.3. The van der Waals surface area contributed by atoms with Gasteiger partial charge in [0.05, 0.1) is 6.04 Å². The van der Waals surface area contributed by atoms with Crippen LogP contribution in [0.1, 0.15) is 53.9 Å². The zero-order valence-corrected chi connectivity index (χ0v) is 16.6. The Bertz CT molecular complexity index is 888. The molecule has 2 amide bonds. The van der Waals surface area contributed by atoms with Crippen LogP contribution in [0.5, 0.6) is 0 Å². The Labute approximate surface area is 164 Å². The molecular weight excluding hydrogens is 359 g/mol. The van der Waals surface area contributed by atoms with Crippen molar-refractivity contribution in [3.63, 3.8) is 0 Å². The zero-order chi connectivity index (χ0) is 20.5. The van der Waals surface area contributed by atoms with Crippen LogP contribution in [0, 0.1) is 5.82 Å². The summed E-state index contributed by atoms with van der Waals surface area (Å²) in [6, 6.07) is 11.1. The summed E-state index contributed by atoms with van der Waals surface area (Å²) in [4.78, 5) is 26.7. The maximum Gasteiger partial charge on any atom is 0.411 e. The fourth-order valence-electron chi connectivity index (χ4n) is 3.42. The van der Waals surface area contributed by atoms with E-state index in [0.29, 0.717) is 18.5 Å². The van der Waals surface area contributed by atoms with E-state index >= 15 is 0 Å². The molecule has 0 fully saturated rings. The molecule has 0 unspecified atom stereocenters. The van der Waals surface area contributed by atoms with Crippen molar-refractivity contribution in [2.45, 2.75) is 38.8 Å². The van der Waals surface area contributed by atoms with Crippen LogP contribution >= 0.6 is 0 Å². The predicted octanol–water partition coefficient (Wildman–Crippen LogP) is 4.07. The van der Waals surface area contributed by atoms with Gasteiger partial charge in [-0.25, -0.2) is 9.18 Å². The fourth-order valence-corrected chi connectivity index (χ4v) is 3.42. The number of hydrogen-bond donors (Lipinski definition) is 1. The van der Waals surface area contributed by atoms with Gasteiger partial charge < -0.3 is 10.1 Å². The van der Waals surface area contributed by atoms with Gasteiger partial charge in [0.1, 0.15) is 11.4 Å². The van der Waals surface area contributed by atoms with E-state index in [1.165, 1.54) is 12.1 Å². The van der Waals surface area contributed by atoms with Gasteiger partial charge in [-0.1, -0.05) is 18.2 Å². The SMILES string of the molecule is CNC(=O)c1ccc2c(c1)[C@H](c1ccc(F)cc1)N(C(=O)OC(C)(C)C)CC2. The quantitative estimate of drug-likeness (QED) is 0.849. The van der Waals surface area contributed by atoms with E-state index in [2.05, 4.69) is 5.32 Å². The van der Waals surface area contributed by atoms with Gasteiger partial charge in [-0.15, -0.1) is 0 Å². The molecule has 0 aromatic heterocycles. The molecule has 0 saturated carbocycles. The Kier molecular flexibility index (Phi) is 5.40. The highest BCUT2D eigenvalue weighted by Gasteiger charge is 2.35. The molecule has 5 nitrogen and oxygen atoms in total. The van der Waals surface area contributed by atoms with Crippen molar-refractivity contribution in [2.24, 2.45) is 0 Å². The van der Waals surface area contributed by atoms with Crippen LogP contribution in [-0.2, 0) is 11.2 Å². The average molecular weight is 384 g/mol. The minimum absolute atomic E-state index is 0.199. The van der Waals surface area contributed by atoms with Crippen LogP contribution in [0.25, 0.3) is 0 Å². The molecule has 0 aliphatic carbocycles. The summed E-state index contributed by atoms with van der Waals surface area (Å²) in [5.41, 5.74) is 2.56. The van der Waals surface area contributed by atoms with E-state index in [-0.39, 0.29) is 11.7 Å². The number of benzene rings is 2. The summed E-state index contributed by atoms with van der Waals surface area (Å²) in [7, 11) is 1.58. The highest BCUT2D eigenvalue weighted by molar-refractivity contribution is 5.94. The first kappa shape index (κ1) is 19.9. The number of nitrogens with one attached hydrogen (secondary N) is 1. The molecule has 1 atom stereocenters. The molecule has 2 aromatic rings. The molecule has 2 aromatic carbocycles. The van der Waals surface area contributed by atoms with E-state index in [4.69, 9.17) is 4.74 Å². The lowest BCUT2D eigenvalue weighted by molar-refractivity contribution is 0.0178. The van der Waals surface area contributed by atoms with E-state index in [9.17, 15) is 14.0 Å².